The summed E-state index contributed by atoms with van der Waals surface area (Å²) in [5.41, 5.74) is 6.73. The fraction of sp³-hybridized carbons (Fsp3) is 0.375. The molecule has 1 aromatic heterocycles. The van der Waals surface area contributed by atoms with Gasteiger partial charge in [-0.3, -0.25) is 0 Å². The van der Waals surface area contributed by atoms with Gasteiger partial charge in [0.15, 0.2) is 11.7 Å². The Morgan fingerprint density at radius 1 is 1.27 bits per heavy atom. The third-order valence-corrected chi connectivity index (χ3v) is 3.91. The summed E-state index contributed by atoms with van der Waals surface area (Å²) in [4.78, 5) is 8.60. The first kappa shape index (κ1) is 22.5. The SMILES string of the molecule is CC(C)(C)c1csc(CN=C(N)Nc2ccccc2OC(F)(F)F)n1.I. The molecule has 0 radical (unpaired) electrons. The maximum Gasteiger partial charge on any atom is 0.573 e. The molecule has 0 aliphatic heterocycles. The summed E-state index contributed by atoms with van der Waals surface area (Å²) in [6.07, 6.45) is -4.78. The maximum atomic E-state index is 12.4. The Bertz CT molecular complexity index is 756. The van der Waals surface area contributed by atoms with Crippen molar-refractivity contribution in [3.8, 4) is 5.75 Å². The van der Waals surface area contributed by atoms with E-state index in [2.05, 4.69) is 40.8 Å². The summed E-state index contributed by atoms with van der Waals surface area (Å²) in [6, 6.07) is 5.61. The number of aliphatic imine (C=N–C) groups is 1. The number of nitrogens with two attached hydrogens (primary N) is 1. The Morgan fingerprint density at radius 3 is 2.50 bits per heavy atom. The number of thiazole rings is 1. The molecule has 1 aromatic carbocycles. The highest BCUT2D eigenvalue weighted by Crippen LogP contribution is 2.29. The van der Waals surface area contributed by atoms with E-state index in [1.165, 1.54) is 29.5 Å². The average molecular weight is 500 g/mol. The van der Waals surface area contributed by atoms with Gasteiger partial charge in [-0.1, -0.05) is 32.9 Å². The molecule has 3 N–H and O–H groups in total. The molecule has 0 bridgehead atoms. The number of nitrogens with zero attached hydrogens (tertiary/aromatic N) is 2. The van der Waals surface area contributed by atoms with Crippen molar-refractivity contribution < 1.29 is 17.9 Å². The lowest BCUT2D eigenvalue weighted by Crippen LogP contribution is -2.24. The van der Waals surface area contributed by atoms with Gasteiger partial charge in [0.2, 0.25) is 0 Å². The summed E-state index contributed by atoms with van der Waals surface area (Å²) in [5, 5.41) is 5.35. The molecular formula is C16H20F3IN4OS. The predicted molar refractivity (Wildman–Crippen MR) is 108 cm³/mol. The highest BCUT2D eigenvalue weighted by atomic mass is 127. The summed E-state index contributed by atoms with van der Waals surface area (Å²) < 4.78 is 41.2. The van der Waals surface area contributed by atoms with Crippen molar-refractivity contribution in [2.75, 3.05) is 5.32 Å². The van der Waals surface area contributed by atoms with Gasteiger partial charge in [0, 0.05) is 10.8 Å². The van der Waals surface area contributed by atoms with Gasteiger partial charge in [-0.05, 0) is 12.1 Å². The van der Waals surface area contributed by atoms with Crippen LogP contribution in [0, 0.1) is 0 Å². The number of guanidine groups is 1. The number of aromatic nitrogens is 1. The third kappa shape index (κ3) is 6.98. The Morgan fingerprint density at radius 2 is 1.92 bits per heavy atom. The summed E-state index contributed by atoms with van der Waals surface area (Å²) >= 11 is 1.46. The quantitative estimate of drug-likeness (QED) is 0.357. The van der Waals surface area contributed by atoms with E-state index < -0.39 is 6.36 Å². The minimum atomic E-state index is -4.78. The molecule has 0 spiro atoms. The first-order chi connectivity index (χ1) is 11.5. The van der Waals surface area contributed by atoms with Gasteiger partial charge in [-0.15, -0.1) is 48.5 Å². The van der Waals surface area contributed by atoms with E-state index in [1.54, 1.807) is 6.07 Å². The van der Waals surface area contributed by atoms with Crippen molar-refractivity contribution in [2.45, 2.75) is 39.1 Å². The normalized spacial score (nSPS) is 12.5. The van der Waals surface area contributed by atoms with Crippen LogP contribution in [-0.2, 0) is 12.0 Å². The van der Waals surface area contributed by atoms with E-state index in [4.69, 9.17) is 5.73 Å². The summed E-state index contributed by atoms with van der Waals surface area (Å²) in [5.74, 6) is -0.400. The zero-order chi connectivity index (χ0) is 18.7. The first-order valence-electron chi connectivity index (χ1n) is 7.41. The van der Waals surface area contributed by atoms with Crippen LogP contribution in [0.15, 0.2) is 34.6 Å². The van der Waals surface area contributed by atoms with Gasteiger partial charge in [-0.25, -0.2) is 9.98 Å². The third-order valence-electron chi connectivity index (χ3n) is 3.08. The number of para-hydroxylation sites is 2. The molecule has 2 aromatic rings. The van der Waals surface area contributed by atoms with Crippen molar-refractivity contribution in [2.24, 2.45) is 10.7 Å². The van der Waals surface area contributed by atoms with Gasteiger partial charge >= 0.3 is 6.36 Å². The van der Waals surface area contributed by atoms with Gasteiger partial charge in [0.1, 0.15) is 5.01 Å². The van der Waals surface area contributed by atoms with E-state index in [0.717, 1.165) is 10.7 Å². The highest BCUT2D eigenvalue weighted by Gasteiger charge is 2.32. The monoisotopic (exact) mass is 500 g/mol. The van der Waals surface area contributed by atoms with Crippen LogP contribution in [0.1, 0.15) is 31.5 Å². The lowest BCUT2D eigenvalue weighted by molar-refractivity contribution is -0.274. The molecule has 1 heterocycles. The van der Waals surface area contributed by atoms with Crippen molar-refractivity contribution in [1.29, 1.82) is 0 Å². The zero-order valence-electron chi connectivity index (χ0n) is 14.4. The molecule has 26 heavy (non-hydrogen) atoms. The molecule has 0 amide bonds. The zero-order valence-corrected chi connectivity index (χ0v) is 17.6. The summed E-state index contributed by atoms with van der Waals surface area (Å²) in [7, 11) is 0. The largest absolute Gasteiger partial charge is 0.573 e. The second-order valence-electron chi connectivity index (χ2n) is 6.25. The fourth-order valence-electron chi connectivity index (χ4n) is 1.84. The van der Waals surface area contributed by atoms with Gasteiger partial charge in [0.25, 0.3) is 0 Å². The van der Waals surface area contributed by atoms with Gasteiger partial charge in [0.05, 0.1) is 17.9 Å². The first-order valence-corrected chi connectivity index (χ1v) is 8.29. The predicted octanol–water partition coefficient (Wildman–Crippen LogP) is 4.88. The minimum Gasteiger partial charge on any atom is -0.404 e. The molecule has 144 valence electrons. The Labute approximate surface area is 170 Å². The summed E-state index contributed by atoms with van der Waals surface area (Å²) in [6.45, 7) is 6.41. The minimum absolute atomic E-state index is 0. The molecule has 0 aliphatic rings. The van der Waals surface area contributed by atoms with Crippen LogP contribution in [0.4, 0.5) is 18.9 Å². The van der Waals surface area contributed by atoms with Crippen molar-refractivity contribution in [3.63, 3.8) is 0 Å². The van der Waals surface area contributed by atoms with E-state index in [-0.39, 0.29) is 53.3 Å². The number of hydrogen-bond donors (Lipinski definition) is 2. The second-order valence-corrected chi connectivity index (χ2v) is 7.19. The Balaban J connectivity index is 0.00000338. The lowest BCUT2D eigenvalue weighted by Gasteiger charge is -2.14. The number of ether oxygens (including phenoxy) is 1. The van der Waals surface area contributed by atoms with Gasteiger partial charge < -0.3 is 15.8 Å². The Kier molecular flexibility index (Phi) is 7.69. The van der Waals surface area contributed by atoms with Crippen molar-refractivity contribution in [3.05, 3.63) is 40.3 Å². The van der Waals surface area contributed by atoms with Gasteiger partial charge in [-0.2, -0.15) is 0 Å². The molecule has 0 fully saturated rings. The number of rotatable bonds is 4. The topological polar surface area (TPSA) is 72.5 Å². The van der Waals surface area contributed by atoms with Crippen LogP contribution in [0.5, 0.6) is 5.75 Å². The van der Waals surface area contributed by atoms with Crippen LogP contribution in [0.3, 0.4) is 0 Å². The molecule has 0 aliphatic carbocycles. The molecule has 10 heteroatoms. The van der Waals surface area contributed by atoms with Crippen LogP contribution in [-0.4, -0.2) is 17.3 Å². The van der Waals surface area contributed by atoms with E-state index in [9.17, 15) is 13.2 Å². The molecule has 0 unspecified atom stereocenters. The average Bonchev–Trinajstić information content (AvgIpc) is 2.95. The lowest BCUT2D eigenvalue weighted by atomic mass is 9.93. The van der Waals surface area contributed by atoms with Crippen LogP contribution in [0.2, 0.25) is 0 Å². The molecule has 2 rings (SSSR count). The van der Waals surface area contributed by atoms with Crippen LogP contribution in [0.25, 0.3) is 0 Å². The number of benzene rings is 1. The second kappa shape index (κ2) is 8.89. The standard InChI is InChI=1S/C16H19F3N4OS.HI/c1-15(2,3)12-9-25-13(23-12)8-21-14(20)22-10-6-4-5-7-11(10)24-16(17,18)19;/h4-7,9H,8H2,1-3H3,(H3,20,21,22);1H. The molecular weight excluding hydrogens is 480 g/mol. The highest BCUT2D eigenvalue weighted by molar-refractivity contribution is 14.0. The molecule has 5 nitrogen and oxygen atoms in total. The van der Waals surface area contributed by atoms with Crippen LogP contribution < -0.4 is 15.8 Å². The van der Waals surface area contributed by atoms with E-state index in [1.807, 2.05) is 5.38 Å². The molecule has 0 saturated carbocycles. The maximum absolute atomic E-state index is 12.4. The number of alkyl halides is 3. The number of nitrogens with one attached hydrogen (secondary N) is 1. The van der Waals surface area contributed by atoms with Crippen molar-refractivity contribution >= 4 is 47.0 Å². The smallest absolute Gasteiger partial charge is 0.404 e. The molecule has 0 saturated heterocycles. The molecule has 0 atom stereocenters. The Hall–Kier alpha value is -1.56. The number of hydrogen-bond acceptors (Lipinski definition) is 4. The number of halogens is 4. The van der Waals surface area contributed by atoms with E-state index in [0.29, 0.717) is 0 Å². The van der Waals surface area contributed by atoms with Crippen molar-refractivity contribution in [1.82, 2.24) is 4.98 Å². The fourth-order valence-corrected chi connectivity index (χ4v) is 2.79. The van der Waals surface area contributed by atoms with E-state index >= 15 is 0 Å². The van der Waals surface area contributed by atoms with Crippen LogP contribution >= 0.6 is 35.3 Å². The number of anilines is 1.